The SMILES string of the molecule is COc1ccc(S(=O)(=O)c2ccc(CCNC[C@H](O)c3cccc(Cl)c3)cn2)cc1. The fourth-order valence-electron chi connectivity index (χ4n) is 2.90. The molecule has 0 amide bonds. The Morgan fingerprint density at radius 1 is 1.13 bits per heavy atom. The van der Waals surface area contributed by atoms with Crippen LogP contribution in [0.4, 0.5) is 0 Å². The summed E-state index contributed by atoms with van der Waals surface area (Å²) in [5.74, 6) is 0.588. The molecule has 8 heteroatoms. The molecule has 0 unspecified atom stereocenters. The molecular formula is C22H23ClN2O4S. The zero-order chi connectivity index (χ0) is 21.6. The minimum atomic E-state index is -3.68. The average molecular weight is 447 g/mol. The Kier molecular flexibility index (Phi) is 7.44. The highest BCUT2D eigenvalue weighted by molar-refractivity contribution is 7.91. The lowest BCUT2D eigenvalue weighted by Gasteiger charge is -2.12. The van der Waals surface area contributed by atoms with E-state index >= 15 is 0 Å². The van der Waals surface area contributed by atoms with Crippen LogP contribution in [-0.4, -0.2) is 38.7 Å². The van der Waals surface area contributed by atoms with Gasteiger partial charge in [-0.05, 0) is 66.6 Å². The smallest absolute Gasteiger partial charge is 0.223 e. The normalized spacial score (nSPS) is 12.5. The van der Waals surface area contributed by atoms with Gasteiger partial charge >= 0.3 is 0 Å². The van der Waals surface area contributed by atoms with Crippen molar-refractivity contribution in [2.45, 2.75) is 22.4 Å². The van der Waals surface area contributed by atoms with Crippen molar-refractivity contribution in [3.8, 4) is 5.75 Å². The van der Waals surface area contributed by atoms with Crippen LogP contribution in [0.25, 0.3) is 0 Å². The molecule has 0 saturated carbocycles. The van der Waals surface area contributed by atoms with Crippen molar-refractivity contribution < 1.29 is 18.3 Å². The van der Waals surface area contributed by atoms with Crippen molar-refractivity contribution in [2.24, 2.45) is 0 Å². The van der Waals surface area contributed by atoms with Crippen LogP contribution in [0, 0.1) is 0 Å². The Labute approximate surface area is 181 Å². The molecule has 0 radical (unpaired) electrons. The number of rotatable bonds is 9. The average Bonchev–Trinajstić information content (AvgIpc) is 2.77. The summed E-state index contributed by atoms with van der Waals surface area (Å²) < 4.78 is 30.4. The van der Waals surface area contributed by atoms with Gasteiger partial charge in [-0.3, -0.25) is 0 Å². The fraction of sp³-hybridized carbons (Fsp3) is 0.227. The number of hydrogen-bond donors (Lipinski definition) is 2. The van der Waals surface area contributed by atoms with Gasteiger partial charge in [0.05, 0.1) is 18.1 Å². The number of ether oxygens (including phenoxy) is 1. The standard InChI is InChI=1S/C22H23ClN2O4S/c1-29-19-6-8-20(9-7-19)30(27,28)22-10-5-16(14-25-22)11-12-24-15-21(26)17-3-2-4-18(23)13-17/h2-10,13-14,21,24,26H,11-12,15H2,1H3/t21-/m0/s1. The van der Waals surface area contributed by atoms with E-state index in [0.717, 1.165) is 11.1 Å². The molecule has 0 bridgehead atoms. The van der Waals surface area contributed by atoms with Crippen molar-refractivity contribution in [3.05, 3.63) is 83.0 Å². The summed E-state index contributed by atoms with van der Waals surface area (Å²) in [4.78, 5) is 4.30. The zero-order valence-corrected chi connectivity index (χ0v) is 18.0. The summed E-state index contributed by atoms with van der Waals surface area (Å²) in [7, 11) is -2.15. The predicted molar refractivity (Wildman–Crippen MR) is 116 cm³/mol. The van der Waals surface area contributed by atoms with Gasteiger partial charge in [0, 0.05) is 17.8 Å². The van der Waals surface area contributed by atoms with Crippen LogP contribution < -0.4 is 10.1 Å². The lowest BCUT2D eigenvalue weighted by atomic mass is 10.1. The van der Waals surface area contributed by atoms with Gasteiger partial charge in [-0.25, -0.2) is 13.4 Å². The highest BCUT2D eigenvalue weighted by Gasteiger charge is 2.19. The summed E-state index contributed by atoms with van der Waals surface area (Å²) in [6.07, 6.45) is 1.56. The maximum atomic E-state index is 12.7. The number of sulfone groups is 1. The first-order valence-corrected chi connectivity index (χ1v) is 11.2. The van der Waals surface area contributed by atoms with E-state index in [1.807, 2.05) is 6.07 Å². The summed E-state index contributed by atoms with van der Waals surface area (Å²) in [6, 6.07) is 16.6. The number of hydrogen-bond acceptors (Lipinski definition) is 6. The van der Waals surface area contributed by atoms with Crippen LogP contribution in [0.1, 0.15) is 17.2 Å². The van der Waals surface area contributed by atoms with Gasteiger partial charge in [-0.15, -0.1) is 0 Å². The largest absolute Gasteiger partial charge is 0.497 e. The van der Waals surface area contributed by atoms with Crippen molar-refractivity contribution in [3.63, 3.8) is 0 Å². The van der Waals surface area contributed by atoms with Crippen molar-refractivity contribution in [2.75, 3.05) is 20.2 Å². The van der Waals surface area contributed by atoms with Crippen LogP contribution in [0.15, 0.2) is 76.8 Å². The maximum absolute atomic E-state index is 12.7. The molecule has 6 nitrogen and oxygen atoms in total. The molecule has 0 aliphatic rings. The lowest BCUT2D eigenvalue weighted by Crippen LogP contribution is -2.23. The third kappa shape index (κ3) is 5.58. The Balaban J connectivity index is 1.54. The Morgan fingerprint density at radius 2 is 1.90 bits per heavy atom. The number of benzene rings is 2. The minimum absolute atomic E-state index is 0.000699. The molecule has 2 N–H and O–H groups in total. The van der Waals surface area contributed by atoms with Gasteiger partial charge < -0.3 is 15.2 Å². The molecule has 1 aromatic heterocycles. The number of halogens is 1. The number of aliphatic hydroxyl groups is 1. The minimum Gasteiger partial charge on any atom is -0.497 e. The van der Waals surface area contributed by atoms with E-state index < -0.39 is 15.9 Å². The molecule has 3 rings (SSSR count). The second-order valence-corrected chi connectivity index (χ2v) is 9.04. The van der Waals surface area contributed by atoms with Crippen molar-refractivity contribution >= 4 is 21.4 Å². The molecule has 0 saturated heterocycles. The van der Waals surface area contributed by atoms with E-state index in [1.54, 1.807) is 42.6 Å². The van der Waals surface area contributed by atoms with Gasteiger partial charge in [-0.2, -0.15) is 0 Å². The Bertz CT molecular complexity index is 1070. The lowest BCUT2D eigenvalue weighted by molar-refractivity contribution is 0.175. The number of nitrogens with zero attached hydrogens (tertiary/aromatic N) is 1. The van der Waals surface area contributed by atoms with E-state index in [0.29, 0.717) is 30.3 Å². The molecule has 1 heterocycles. The molecule has 30 heavy (non-hydrogen) atoms. The van der Waals surface area contributed by atoms with Crippen LogP contribution in [0.2, 0.25) is 5.02 Å². The molecule has 1 atom stereocenters. The summed E-state index contributed by atoms with van der Waals surface area (Å²) in [6.45, 7) is 1.00. The number of pyridine rings is 1. The fourth-order valence-corrected chi connectivity index (χ4v) is 4.27. The predicted octanol–water partition coefficient (Wildman–Crippen LogP) is 3.44. The maximum Gasteiger partial charge on any atom is 0.223 e. The first-order chi connectivity index (χ1) is 14.4. The molecular weight excluding hydrogens is 424 g/mol. The topological polar surface area (TPSA) is 88.5 Å². The van der Waals surface area contributed by atoms with Crippen LogP contribution in [0.5, 0.6) is 5.75 Å². The first kappa shape index (κ1) is 22.2. The molecule has 3 aromatic rings. The highest BCUT2D eigenvalue weighted by atomic mass is 35.5. The van der Waals surface area contributed by atoms with E-state index in [2.05, 4.69) is 10.3 Å². The number of aliphatic hydroxyl groups excluding tert-OH is 1. The molecule has 2 aromatic carbocycles. The number of nitrogens with one attached hydrogen (secondary N) is 1. The number of aromatic nitrogens is 1. The quantitative estimate of drug-likeness (QED) is 0.489. The van der Waals surface area contributed by atoms with E-state index in [1.165, 1.54) is 25.3 Å². The van der Waals surface area contributed by atoms with Crippen LogP contribution >= 0.6 is 11.6 Å². The number of methoxy groups -OCH3 is 1. The Hall–Kier alpha value is -2.45. The second kappa shape index (κ2) is 10.0. The monoisotopic (exact) mass is 446 g/mol. The summed E-state index contributed by atoms with van der Waals surface area (Å²) in [5, 5.41) is 14.0. The van der Waals surface area contributed by atoms with Crippen molar-refractivity contribution in [1.82, 2.24) is 10.3 Å². The van der Waals surface area contributed by atoms with E-state index in [4.69, 9.17) is 16.3 Å². The van der Waals surface area contributed by atoms with Crippen LogP contribution in [-0.2, 0) is 16.3 Å². The van der Waals surface area contributed by atoms with E-state index in [-0.39, 0.29) is 9.92 Å². The molecule has 0 spiro atoms. The van der Waals surface area contributed by atoms with Gasteiger partial charge in [0.15, 0.2) is 5.03 Å². The molecule has 0 aliphatic carbocycles. The molecule has 158 valence electrons. The molecule has 0 fully saturated rings. The zero-order valence-electron chi connectivity index (χ0n) is 16.5. The Morgan fingerprint density at radius 3 is 2.53 bits per heavy atom. The first-order valence-electron chi connectivity index (χ1n) is 9.38. The summed E-state index contributed by atoms with van der Waals surface area (Å²) in [5.41, 5.74) is 1.65. The second-order valence-electron chi connectivity index (χ2n) is 6.71. The van der Waals surface area contributed by atoms with E-state index in [9.17, 15) is 13.5 Å². The van der Waals surface area contributed by atoms with Gasteiger partial charge in [0.2, 0.25) is 9.84 Å². The highest BCUT2D eigenvalue weighted by Crippen LogP contribution is 2.22. The third-order valence-electron chi connectivity index (χ3n) is 4.60. The summed E-state index contributed by atoms with van der Waals surface area (Å²) >= 11 is 5.94. The van der Waals surface area contributed by atoms with Crippen LogP contribution in [0.3, 0.4) is 0 Å². The van der Waals surface area contributed by atoms with Gasteiger partial charge in [-0.1, -0.05) is 29.8 Å². The van der Waals surface area contributed by atoms with Gasteiger partial charge in [0.1, 0.15) is 5.75 Å². The molecule has 0 aliphatic heterocycles. The van der Waals surface area contributed by atoms with Crippen molar-refractivity contribution in [1.29, 1.82) is 0 Å². The third-order valence-corrected chi connectivity index (χ3v) is 6.52. The van der Waals surface area contributed by atoms with Gasteiger partial charge in [0.25, 0.3) is 0 Å².